The van der Waals surface area contributed by atoms with Crippen molar-refractivity contribution in [2.75, 3.05) is 50.0 Å². The minimum atomic E-state index is 0.117. The van der Waals surface area contributed by atoms with E-state index < -0.39 is 0 Å². The van der Waals surface area contributed by atoms with Crippen molar-refractivity contribution in [2.24, 2.45) is 0 Å². The first kappa shape index (κ1) is 25.7. The Labute approximate surface area is 219 Å². The van der Waals surface area contributed by atoms with E-state index in [1.54, 1.807) is 11.8 Å². The van der Waals surface area contributed by atoms with Gasteiger partial charge in [-0.15, -0.1) is 11.8 Å². The van der Waals surface area contributed by atoms with E-state index in [1.165, 1.54) is 11.3 Å². The summed E-state index contributed by atoms with van der Waals surface area (Å²) in [5.74, 6) is 0.992. The molecule has 1 aliphatic rings. The van der Waals surface area contributed by atoms with Crippen LogP contribution in [-0.2, 0) is 9.53 Å². The van der Waals surface area contributed by atoms with E-state index in [-0.39, 0.29) is 5.91 Å². The average molecular weight is 539 g/mol. The van der Waals surface area contributed by atoms with Gasteiger partial charge in [-0.2, -0.15) is 0 Å². The van der Waals surface area contributed by atoms with Crippen molar-refractivity contribution in [2.45, 2.75) is 31.1 Å². The zero-order chi connectivity index (χ0) is 23.9. The zero-order valence-electron chi connectivity index (χ0n) is 19.3. The van der Waals surface area contributed by atoms with Gasteiger partial charge >= 0.3 is 0 Å². The molecule has 0 unspecified atom stereocenters. The third kappa shape index (κ3) is 6.86. The fraction of sp³-hybridized carbons (Fsp3) is 0.440. The second-order valence-electron chi connectivity index (χ2n) is 8.30. The molecule has 34 heavy (non-hydrogen) atoms. The number of carbonyl (C=O) groups is 1. The van der Waals surface area contributed by atoms with Gasteiger partial charge in [0, 0.05) is 42.5 Å². The minimum Gasteiger partial charge on any atom is -0.379 e. The Balaban J connectivity index is 1.40. The molecule has 1 amide bonds. The largest absolute Gasteiger partial charge is 0.379 e. The highest BCUT2D eigenvalue weighted by Gasteiger charge is 2.21. The number of hydrogen-bond donors (Lipinski definition) is 0. The molecule has 3 aromatic rings. The maximum atomic E-state index is 13.3. The van der Waals surface area contributed by atoms with Crippen molar-refractivity contribution >= 4 is 67.6 Å². The highest BCUT2D eigenvalue weighted by molar-refractivity contribution is 7.99. The third-order valence-corrected chi connectivity index (χ3v) is 8.68. The van der Waals surface area contributed by atoms with E-state index in [4.69, 9.17) is 32.9 Å². The average Bonchev–Trinajstić information content (AvgIpc) is 3.30. The van der Waals surface area contributed by atoms with Crippen LogP contribution >= 0.6 is 46.3 Å². The molecule has 1 fully saturated rings. The maximum Gasteiger partial charge on any atom is 0.228 e. The lowest BCUT2D eigenvalue weighted by molar-refractivity contribution is -0.118. The number of aryl methyl sites for hydroxylation is 1. The molecule has 0 spiro atoms. The molecule has 0 N–H and O–H groups in total. The quantitative estimate of drug-likeness (QED) is 0.217. The lowest BCUT2D eigenvalue weighted by Crippen LogP contribution is -2.39. The summed E-state index contributed by atoms with van der Waals surface area (Å²) < 4.78 is 6.39. The van der Waals surface area contributed by atoms with Gasteiger partial charge in [-0.1, -0.05) is 40.6 Å². The van der Waals surface area contributed by atoms with Gasteiger partial charge < -0.3 is 4.74 Å². The number of thiazole rings is 1. The topological polar surface area (TPSA) is 45.7 Å². The van der Waals surface area contributed by atoms with Gasteiger partial charge in [-0.3, -0.25) is 14.6 Å². The Morgan fingerprint density at radius 1 is 1.15 bits per heavy atom. The molecule has 0 atom stereocenters. The summed E-state index contributed by atoms with van der Waals surface area (Å²) >= 11 is 15.7. The summed E-state index contributed by atoms with van der Waals surface area (Å²) in [4.78, 5) is 23.6. The number of amides is 1. The molecule has 0 radical (unpaired) electrons. The Hall–Kier alpha value is -1.35. The van der Waals surface area contributed by atoms with Crippen molar-refractivity contribution in [3.8, 4) is 0 Å². The number of halogens is 2. The number of aromatic nitrogens is 1. The summed E-state index contributed by atoms with van der Waals surface area (Å²) in [6.45, 7) is 7.09. The van der Waals surface area contributed by atoms with E-state index in [0.29, 0.717) is 18.0 Å². The van der Waals surface area contributed by atoms with E-state index >= 15 is 0 Å². The molecule has 2 aromatic carbocycles. The van der Waals surface area contributed by atoms with Crippen molar-refractivity contribution in [3.05, 3.63) is 52.0 Å². The summed E-state index contributed by atoms with van der Waals surface area (Å²) in [6.07, 6.45) is 2.19. The predicted octanol–water partition coefficient (Wildman–Crippen LogP) is 6.54. The Kier molecular flexibility index (Phi) is 9.51. The molecule has 1 aliphatic heterocycles. The third-order valence-electron chi connectivity index (χ3n) is 5.80. The first-order valence-electron chi connectivity index (χ1n) is 11.6. The van der Waals surface area contributed by atoms with E-state index in [9.17, 15) is 4.79 Å². The van der Waals surface area contributed by atoms with E-state index in [0.717, 1.165) is 82.3 Å². The van der Waals surface area contributed by atoms with Gasteiger partial charge in [-0.25, -0.2) is 4.98 Å². The van der Waals surface area contributed by atoms with Crippen LogP contribution in [0.1, 0.15) is 24.8 Å². The van der Waals surface area contributed by atoms with E-state index in [2.05, 4.69) is 4.90 Å². The molecule has 4 rings (SSSR count). The lowest BCUT2D eigenvalue weighted by Gasteiger charge is -2.27. The van der Waals surface area contributed by atoms with Gasteiger partial charge in [-0.05, 0) is 61.4 Å². The van der Waals surface area contributed by atoms with E-state index in [1.807, 2.05) is 48.2 Å². The van der Waals surface area contributed by atoms with Gasteiger partial charge in [0.05, 0.1) is 28.5 Å². The number of ether oxygens (including phenoxy) is 1. The minimum absolute atomic E-state index is 0.117. The van der Waals surface area contributed by atoms with Crippen molar-refractivity contribution < 1.29 is 9.53 Å². The van der Waals surface area contributed by atoms with Crippen LogP contribution in [0.3, 0.4) is 0 Å². The molecule has 182 valence electrons. The molecule has 0 bridgehead atoms. The number of morpholine rings is 1. The van der Waals surface area contributed by atoms with Crippen LogP contribution < -0.4 is 4.90 Å². The van der Waals surface area contributed by atoms with Crippen molar-refractivity contribution in [3.63, 3.8) is 0 Å². The number of carbonyl (C=O) groups excluding carboxylic acids is 1. The Morgan fingerprint density at radius 3 is 2.65 bits per heavy atom. The molecular formula is C25H29Cl2N3O2S2. The molecular weight excluding hydrogens is 509 g/mol. The Bertz CT molecular complexity index is 1060. The SMILES string of the molecule is Cc1ccc(Cl)c2sc(N(CCCN3CCOCC3)C(=O)CCCSc3ccc(Cl)cc3)nc12. The highest BCUT2D eigenvalue weighted by atomic mass is 35.5. The normalized spacial score (nSPS) is 14.6. The molecule has 9 heteroatoms. The van der Waals surface area contributed by atoms with Crippen molar-refractivity contribution in [1.29, 1.82) is 0 Å². The number of hydrogen-bond acceptors (Lipinski definition) is 6. The molecule has 1 aromatic heterocycles. The van der Waals surface area contributed by atoms with Crippen LogP contribution in [0.5, 0.6) is 0 Å². The smallest absolute Gasteiger partial charge is 0.228 e. The first-order chi connectivity index (χ1) is 16.5. The number of anilines is 1. The standard InChI is InChI=1S/C25H29Cl2N3O2S2/c1-18-5-10-21(27)24-23(18)28-25(34-24)30(12-3-11-29-13-15-32-16-14-29)22(31)4-2-17-33-20-8-6-19(26)7-9-20/h5-10H,2-4,11-17H2,1H3. The fourth-order valence-electron chi connectivity index (χ4n) is 3.89. The van der Waals surface area contributed by atoms with Crippen LogP contribution in [0.4, 0.5) is 5.13 Å². The summed E-state index contributed by atoms with van der Waals surface area (Å²) in [7, 11) is 0. The van der Waals surface area contributed by atoms with Crippen LogP contribution in [-0.4, -0.2) is 60.9 Å². The Morgan fingerprint density at radius 2 is 1.91 bits per heavy atom. The summed E-state index contributed by atoms with van der Waals surface area (Å²) in [5.41, 5.74) is 1.96. The van der Waals surface area contributed by atoms with Crippen LogP contribution in [0.2, 0.25) is 10.0 Å². The number of fused-ring (bicyclic) bond motifs is 1. The monoisotopic (exact) mass is 537 g/mol. The molecule has 1 saturated heterocycles. The second-order valence-corrected chi connectivity index (χ2v) is 11.3. The van der Waals surface area contributed by atoms with Crippen molar-refractivity contribution in [1.82, 2.24) is 9.88 Å². The zero-order valence-corrected chi connectivity index (χ0v) is 22.4. The van der Waals surface area contributed by atoms with Gasteiger partial charge in [0.25, 0.3) is 0 Å². The summed E-state index contributed by atoms with van der Waals surface area (Å²) in [5, 5.41) is 2.16. The molecule has 0 aliphatic carbocycles. The highest BCUT2D eigenvalue weighted by Crippen LogP contribution is 2.36. The summed E-state index contributed by atoms with van der Waals surface area (Å²) in [6, 6.07) is 11.7. The second kappa shape index (κ2) is 12.6. The first-order valence-corrected chi connectivity index (χ1v) is 14.1. The number of rotatable bonds is 10. The van der Waals surface area contributed by atoms with Crippen LogP contribution in [0, 0.1) is 6.92 Å². The molecule has 2 heterocycles. The molecule has 5 nitrogen and oxygen atoms in total. The van der Waals surface area contributed by atoms with Crippen LogP contribution in [0.15, 0.2) is 41.3 Å². The van der Waals surface area contributed by atoms with Gasteiger partial charge in [0.2, 0.25) is 5.91 Å². The number of thioether (sulfide) groups is 1. The predicted molar refractivity (Wildman–Crippen MR) is 145 cm³/mol. The molecule has 0 saturated carbocycles. The number of nitrogens with zero attached hydrogens (tertiary/aromatic N) is 3. The fourth-order valence-corrected chi connectivity index (χ4v) is 6.23. The van der Waals surface area contributed by atoms with Gasteiger partial charge in [0.1, 0.15) is 0 Å². The maximum absolute atomic E-state index is 13.3. The van der Waals surface area contributed by atoms with Crippen LogP contribution in [0.25, 0.3) is 10.2 Å². The van der Waals surface area contributed by atoms with Gasteiger partial charge in [0.15, 0.2) is 5.13 Å². The lowest BCUT2D eigenvalue weighted by atomic mass is 10.2. The number of benzene rings is 2.